The van der Waals surface area contributed by atoms with Gasteiger partial charge in [0, 0.05) is 6.04 Å². The Hall–Kier alpha value is -2.04. The summed E-state index contributed by atoms with van der Waals surface area (Å²) in [6.07, 6.45) is 5.11. The van der Waals surface area contributed by atoms with Crippen molar-refractivity contribution in [2.75, 3.05) is 6.61 Å². The van der Waals surface area contributed by atoms with Gasteiger partial charge in [0.05, 0.1) is 0 Å². The number of carbonyl (C=O) groups is 2. The average Bonchev–Trinajstić information content (AvgIpc) is 3.16. The molecule has 3 rings (SSSR count). The first-order valence-corrected chi connectivity index (χ1v) is 8.29. The molecule has 124 valence electrons. The van der Waals surface area contributed by atoms with Gasteiger partial charge < -0.3 is 15.2 Å². The topological polar surface area (TPSA) is 75.6 Å². The number of esters is 1. The molecule has 1 aromatic rings. The van der Waals surface area contributed by atoms with Crippen molar-refractivity contribution in [3.05, 3.63) is 29.8 Å². The molecule has 0 saturated heterocycles. The van der Waals surface area contributed by atoms with E-state index in [0.29, 0.717) is 5.92 Å². The highest BCUT2D eigenvalue weighted by molar-refractivity contribution is 5.93. The summed E-state index contributed by atoms with van der Waals surface area (Å²) in [5, 5.41) is 12.5. The molecule has 2 aliphatic rings. The number of phenolic OH excluding ortho intramolecular Hbond substituents is 1. The minimum absolute atomic E-state index is 0.0708. The van der Waals surface area contributed by atoms with Crippen molar-refractivity contribution in [1.29, 1.82) is 0 Å². The Morgan fingerprint density at radius 1 is 1.30 bits per heavy atom. The average molecular weight is 317 g/mol. The van der Waals surface area contributed by atoms with E-state index in [-0.39, 0.29) is 29.9 Å². The smallest absolute Gasteiger partial charge is 0.342 e. The molecule has 0 radical (unpaired) electrons. The van der Waals surface area contributed by atoms with Gasteiger partial charge in [0.15, 0.2) is 6.61 Å². The van der Waals surface area contributed by atoms with E-state index < -0.39 is 5.97 Å². The van der Waals surface area contributed by atoms with Crippen molar-refractivity contribution in [1.82, 2.24) is 5.32 Å². The Morgan fingerprint density at radius 3 is 2.74 bits per heavy atom. The maximum Gasteiger partial charge on any atom is 0.342 e. The normalized spacial score (nSPS) is 26.7. The number of hydrogen-bond acceptors (Lipinski definition) is 4. The van der Waals surface area contributed by atoms with Crippen LogP contribution in [0.25, 0.3) is 0 Å². The molecular weight excluding hydrogens is 294 g/mol. The van der Waals surface area contributed by atoms with E-state index in [4.69, 9.17) is 4.74 Å². The first-order chi connectivity index (χ1) is 11.0. The van der Waals surface area contributed by atoms with Gasteiger partial charge in [-0.15, -0.1) is 0 Å². The third-order valence-electron chi connectivity index (χ3n) is 5.28. The maximum absolute atomic E-state index is 12.0. The van der Waals surface area contributed by atoms with E-state index in [9.17, 15) is 14.7 Å². The zero-order valence-electron chi connectivity index (χ0n) is 13.3. The second kappa shape index (κ2) is 6.60. The number of nitrogens with one attached hydrogen (secondary N) is 1. The molecule has 2 N–H and O–H groups in total. The zero-order chi connectivity index (χ0) is 16.4. The van der Waals surface area contributed by atoms with Gasteiger partial charge >= 0.3 is 5.97 Å². The van der Waals surface area contributed by atoms with Gasteiger partial charge in [0.2, 0.25) is 0 Å². The van der Waals surface area contributed by atoms with E-state index in [1.807, 2.05) is 6.92 Å². The van der Waals surface area contributed by atoms with E-state index in [1.54, 1.807) is 12.1 Å². The highest BCUT2D eigenvalue weighted by Crippen LogP contribution is 2.49. The Kier molecular flexibility index (Phi) is 4.55. The number of hydrogen-bond donors (Lipinski definition) is 2. The molecule has 2 aliphatic carbocycles. The summed E-state index contributed by atoms with van der Waals surface area (Å²) < 4.78 is 4.99. The number of para-hydroxylation sites is 1. The summed E-state index contributed by atoms with van der Waals surface area (Å²) >= 11 is 0. The summed E-state index contributed by atoms with van der Waals surface area (Å²) in [7, 11) is 0. The number of fused-ring (bicyclic) bond motifs is 2. The van der Waals surface area contributed by atoms with E-state index in [2.05, 4.69) is 5.32 Å². The molecule has 5 nitrogen and oxygen atoms in total. The lowest BCUT2D eigenvalue weighted by atomic mass is 9.84. The summed E-state index contributed by atoms with van der Waals surface area (Å²) in [5.74, 6) is 0.997. The SMILES string of the molecule is C[C@H](NC(=O)COC(=O)c1ccccc1O)[C@H]1C[C@H]2CC[C@H]1C2. The van der Waals surface area contributed by atoms with Gasteiger partial charge in [-0.2, -0.15) is 0 Å². The third kappa shape index (κ3) is 3.49. The van der Waals surface area contributed by atoms with Gasteiger partial charge in [-0.1, -0.05) is 18.6 Å². The van der Waals surface area contributed by atoms with Crippen molar-refractivity contribution in [3.63, 3.8) is 0 Å². The molecule has 4 atom stereocenters. The molecule has 23 heavy (non-hydrogen) atoms. The molecule has 0 spiro atoms. The number of benzene rings is 1. The summed E-state index contributed by atoms with van der Waals surface area (Å²) in [6, 6.07) is 6.24. The van der Waals surface area contributed by atoms with Crippen LogP contribution in [-0.2, 0) is 9.53 Å². The van der Waals surface area contributed by atoms with Crippen molar-refractivity contribution in [2.24, 2.45) is 17.8 Å². The number of rotatable bonds is 5. The minimum Gasteiger partial charge on any atom is -0.507 e. The second-order valence-electron chi connectivity index (χ2n) is 6.79. The van der Waals surface area contributed by atoms with Crippen LogP contribution in [0, 0.1) is 17.8 Å². The predicted octanol–water partition coefficient (Wildman–Crippen LogP) is 2.49. The second-order valence-corrected chi connectivity index (χ2v) is 6.79. The lowest BCUT2D eigenvalue weighted by Crippen LogP contribution is -2.42. The summed E-state index contributed by atoms with van der Waals surface area (Å²) in [4.78, 5) is 23.8. The Morgan fingerprint density at radius 2 is 2.09 bits per heavy atom. The van der Waals surface area contributed by atoms with Crippen LogP contribution in [-0.4, -0.2) is 29.6 Å². The van der Waals surface area contributed by atoms with Gasteiger partial charge in [-0.25, -0.2) is 4.79 Å². The number of aromatic hydroxyl groups is 1. The van der Waals surface area contributed by atoms with Crippen LogP contribution in [0.15, 0.2) is 24.3 Å². The molecule has 0 unspecified atom stereocenters. The monoisotopic (exact) mass is 317 g/mol. The summed E-state index contributed by atoms with van der Waals surface area (Å²) in [6.45, 7) is 1.71. The maximum atomic E-state index is 12.0. The van der Waals surface area contributed by atoms with Crippen molar-refractivity contribution >= 4 is 11.9 Å². The minimum atomic E-state index is -0.689. The van der Waals surface area contributed by atoms with E-state index in [1.165, 1.54) is 37.8 Å². The molecule has 1 amide bonds. The standard InChI is InChI=1S/C18H23NO4/c1-11(15-9-12-6-7-13(15)8-12)19-17(21)10-23-18(22)14-4-2-3-5-16(14)20/h2-5,11-13,15,20H,6-10H2,1H3,(H,19,21)/t11-,12-,13-,15+/m0/s1. The van der Waals surface area contributed by atoms with Crippen LogP contribution < -0.4 is 5.32 Å². The first kappa shape index (κ1) is 15.8. The largest absolute Gasteiger partial charge is 0.507 e. The van der Waals surface area contributed by atoms with E-state index in [0.717, 1.165) is 11.8 Å². The third-order valence-corrected chi connectivity index (χ3v) is 5.28. The van der Waals surface area contributed by atoms with E-state index >= 15 is 0 Å². The number of amides is 1. The molecular formula is C18H23NO4. The van der Waals surface area contributed by atoms with Crippen molar-refractivity contribution in [2.45, 2.75) is 38.6 Å². The molecule has 2 bridgehead atoms. The lowest BCUT2D eigenvalue weighted by Gasteiger charge is -2.28. The Labute approximate surface area is 136 Å². The van der Waals surface area contributed by atoms with Gasteiger partial charge in [0.1, 0.15) is 11.3 Å². The van der Waals surface area contributed by atoms with Crippen LogP contribution in [0.4, 0.5) is 0 Å². The molecule has 2 saturated carbocycles. The van der Waals surface area contributed by atoms with Gasteiger partial charge in [-0.05, 0) is 56.1 Å². The predicted molar refractivity (Wildman–Crippen MR) is 84.9 cm³/mol. The molecule has 5 heteroatoms. The van der Waals surface area contributed by atoms with Crippen LogP contribution in [0.5, 0.6) is 5.75 Å². The lowest BCUT2D eigenvalue weighted by molar-refractivity contribution is -0.125. The fourth-order valence-corrected chi connectivity index (χ4v) is 4.16. The molecule has 1 aromatic carbocycles. The summed E-state index contributed by atoms with van der Waals surface area (Å²) in [5.41, 5.74) is 0.0708. The highest BCUT2D eigenvalue weighted by Gasteiger charge is 2.42. The van der Waals surface area contributed by atoms with Gasteiger partial charge in [0.25, 0.3) is 5.91 Å². The first-order valence-electron chi connectivity index (χ1n) is 8.29. The van der Waals surface area contributed by atoms with Crippen LogP contribution in [0.1, 0.15) is 43.0 Å². The van der Waals surface area contributed by atoms with Crippen LogP contribution in [0.3, 0.4) is 0 Å². The van der Waals surface area contributed by atoms with Gasteiger partial charge in [-0.3, -0.25) is 4.79 Å². The van der Waals surface area contributed by atoms with Crippen LogP contribution >= 0.6 is 0 Å². The molecule has 0 heterocycles. The fourth-order valence-electron chi connectivity index (χ4n) is 4.16. The number of ether oxygens (including phenoxy) is 1. The highest BCUT2D eigenvalue weighted by atomic mass is 16.5. The Bertz CT molecular complexity index is 600. The fraction of sp³-hybridized carbons (Fsp3) is 0.556. The number of carbonyl (C=O) groups excluding carboxylic acids is 2. The van der Waals surface area contributed by atoms with Crippen molar-refractivity contribution < 1.29 is 19.4 Å². The Balaban J connectivity index is 1.46. The molecule has 0 aliphatic heterocycles. The number of phenols is 1. The molecule has 0 aromatic heterocycles. The molecule has 2 fully saturated rings. The zero-order valence-corrected chi connectivity index (χ0v) is 13.3. The van der Waals surface area contributed by atoms with Crippen LogP contribution in [0.2, 0.25) is 0 Å². The van der Waals surface area contributed by atoms with Crippen molar-refractivity contribution in [3.8, 4) is 5.75 Å². The quantitative estimate of drug-likeness (QED) is 0.818.